The summed E-state index contributed by atoms with van der Waals surface area (Å²) in [6, 6.07) is 11.6. The topological polar surface area (TPSA) is 47.6 Å². The van der Waals surface area contributed by atoms with Crippen LogP contribution in [-0.4, -0.2) is 19.1 Å². The molecular formula is C21H27NO3. The normalized spacial score (nSPS) is 11.7. The molecule has 0 saturated heterocycles. The highest BCUT2D eigenvalue weighted by Gasteiger charge is 2.12. The molecule has 0 aliphatic rings. The van der Waals surface area contributed by atoms with Crippen molar-refractivity contribution >= 4 is 5.91 Å². The highest BCUT2D eigenvalue weighted by Crippen LogP contribution is 2.23. The maximum atomic E-state index is 12.3. The lowest BCUT2D eigenvalue weighted by atomic mass is 10.1. The second-order valence-corrected chi connectivity index (χ2v) is 6.34. The lowest BCUT2D eigenvalue weighted by Crippen LogP contribution is -2.31. The van der Waals surface area contributed by atoms with Gasteiger partial charge in [-0.3, -0.25) is 4.79 Å². The van der Waals surface area contributed by atoms with Crippen LogP contribution in [0.2, 0.25) is 0 Å². The van der Waals surface area contributed by atoms with Gasteiger partial charge in [0.2, 0.25) is 0 Å². The van der Waals surface area contributed by atoms with Crippen LogP contribution in [0.5, 0.6) is 11.5 Å². The van der Waals surface area contributed by atoms with Gasteiger partial charge in [0.15, 0.2) is 0 Å². The van der Waals surface area contributed by atoms with Crippen molar-refractivity contribution in [2.75, 3.05) is 7.11 Å². The molecule has 1 unspecified atom stereocenters. The van der Waals surface area contributed by atoms with Crippen LogP contribution in [-0.2, 0) is 6.61 Å². The summed E-state index contributed by atoms with van der Waals surface area (Å²) in [4.78, 5) is 12.3. The molecule has 134 valence electrons. The van der Waals surface area contributed by atoms with Gasteiger partial charge in [-0.05, 0) is 68.7 Å². The van der Waals surface area contributed by atoms with E-state index in [0.717, 1.165) is 17.7 Å². The molecule has 25 heavy (non-hydrogen) atoms. The van der Waals surface area contributed by atoms with Crippen molar-refractivity contribution in [3.8, 4) is 11.5 Å². The fourth-order valence-electron chi connectivity index (χ4n) is 2.41. The molecule has 2 rings (SSSR count). The number of ether oxygens (including phenoxy) is 2. The zero-order valence-electron chi connectivity index (χ0n) is 15.7. The Kier molecular flexibility index (Phi) is 6.45. The number of carbonyl (C=O) groups excluding carboxylic acids is 1. The summed E-state index contributed by atoms with van der Waals surface area (Å²) in [6.07, 6.45) is 0.893. The zero-order valence-corrected chi connectivity index (χ0v) is 15.7. The first-order valence-electron chi connectivity index (χ1n) is 8.62. The second-order valence-electron chi connectivity index (χ2n) is 6.34. The molecule has 0 saturated carbocycles. The van der Waals surface area contributed by atoms with Crippen molar-refractivity contribution in [1.82, 2.24) is 5.32 Å². The first-order valence-corrected chi connectivity index (χ1v) is 8.62. The average molecular weight is 341 g/mol. The molecule has 2 aromatic rings. The largest absolute Gasteiger partial charge is 0.496 e. The summed E-state index contributed by atoms with van der Waals surface area (Å²) in [5.41, 5.74) is 3.87. The molecule has 2 aromatic carbocycles. The predicted molar refractivity (Wildman–Crippen MR) is 100 cm³/mol. The van der Waals surface area contributed by atoms with E-state index in [-0.39, 0.29) is 11.9 Å². The summed E-state index contributed by atoms with van der Waals surface area (Å²) in [5.74, 6) is 1.44. The number of hydrogen-bond donors (Lipinski definition) is 1. The summed E-state index contributed by atoms with van der Waals surface area (Å²) < 4.78 is 11.3. The van der Waals surface area contributed by atoms with Crippen molar-refractivity contribution in [3.63, 3.8) is 0 Å². The van der Waals surface area contributed by atoms with Crippen LogP contribution in [0.1, 0.15) is 47.3 Å². The minimum absolute atomic E-state index is 0.0792. The Morgan fingerprint density at radius 1 is 1.12 bits per heavy atom. The van der Waals surface area contributed by atoms with E-state index in [0.29, 0.717) is 17.9 Å². The van der Waals surface area contributed by atoms with E-state index in [9.17, 15) is 4.79 Å². The standard InChI is InChI=1S/C21H27NO3/c1-6-16(4)22-21(23)17-8-10-20(24-5)18(12-17)13-25-19-9-7-14(2)15(3)11-19/h7-12,16H,6,13H2,1-5H3,(H,22,23). The molecule has 4 heteroatoms. The third-order valence-electron chi connectivity index (χ3n) is 4.41. The van der Waals surface area contributed by atoms with Crippen molar-refractivity contribution in [3.05, 3.63) is 58.7 Å². The van der Waals surface area contributed by atoms with Gasteiger partial charge < -0.3 is 14.8 Å². The molecule has 0 radical (unpaired) electrons. The highest BCUT2D eigenvalue weighted by molar-refractivity contribution is 5.94. The Bertz CT molecular complexity index is 740. The number of amides is 1. The number of carbonyl (C=O) groups is 1. The smallest absolute Gasteiger partial charge is 0.251 e. The molecule has 1 N–H and O–H groups in total. The van der Waals surface area contributed by atoms with Crippen molar-refractivity contribution < 1.29 is 14.3 Å². The third kappa shape index (κ3) is 4.99. The first kappa shape index (κ1) is 18.8. The zero-order chi connectivity index (χ0) is 18.4. The second kappa shape index (κ2) is 8.56. The monoisotopic (exact) mass is 341 g/mol. The molecule has 1 amide bonds. The summed E-state index contributed by atoms with van der Waals surface area (Å²) >= 11 is 0. The van der Waals surface area contributed by atoms with Crippen LogP contribution in [0, 0.1) is 13.8 Å². The molecule has 0 bridgehead atoms. The Balaban J connectivity index is 2.16. The van der Waals surface area contributed by atoms with E-state index in [1.807, 2.05) is 44.2 Å². The van der Waals surface area contributed by atoms with Crippen LogP contribution < -0.4 is 14.8 Å². The maximum absolute atomic E-state index is 12.3. The molecule has 0 spiro atoms. The van der Waals surface area contributed by atoms with Crippen LogP contribution in [0.15, 0.2) is 36.4 Å². The molecule has 1 atom stereocenters. The molecule has 0 aromatic heterocycles. The lowest BCUT2D eigenvalue weighted by Gasteiger charge is -2.15. The summed E-state index contributed by atoms with van der Waals surface area (Å²) in [6.45, 7) is 8.51. The number of methoxy groups -OCH3 is 1. The highest BCUT2D eigenvalue weighted by atomic mass is 16.5. The van der Waals surface area contributed by atoms with Crippen LogP contribution >= 0.6 is 0 Å². The van der Waals surface area contributed by atoms with Crippen LogP contribution in [0.4, 0.5) is 0 Å². The Morgan fingerprint density at radius 2 is 1.88 bits per heavy atom. The first-order chi connectivity index (χ1) is 11.9. The Labute approximate surface area is 150 Å². The van der Waals surface area contributed by atoms with E-state index < -0.39 is 0 Å². The number of aryl methyl sites for hydroxylation is 2. The quantitative estimate of drug-likeness (QED) is 0.811. The number of nitrogens with one attached hydrogen (secondary N) is 1. The van der Waals surface area contributed by atoms with Gasteiger partial charge in [0.05, 0.1) is 7.11 Å². The van der Waals surface area contributed by atoms with Gasteiger partial charge in [-0.15, -0.1) is 0 Å². The minimum Gasteiger partial charge on any atom is -0.496 e. The van der Waals surface area contributed by atoms with E-state index in [4.69, 9.17) is 9.47 Å². The summed E-state index contributed by atoms with van der Waals surface area (Å²) in [7, 11) is 1.62. The van der Waals surface area contributed by atoms with E-state index in [2.05, 4.69) is 19.2 Å². The molecule has 0 heterocycles. The van der Waals surface area contributed by atoms with Crippen LogP contribution in [0.25, 0.3) is 0 Å². The van der Waals surface area contributed by atoms with Crippen molar-refractivity contribution in [2.24, 2.45) is 0 Å². The average Bonchev–Trinajstić information content (AvgIpc) is 2.62. The summed E-state index contributed by atoms with van der Waals surface area (Å²) in [5, 5.41) is 2.98. The molecule has 0 fully saturated rings. The fraction of sp³-hybridized carbons (Fsp3) is 0.381. The van der Waals surface area contributed by atoms with E-state index in [1.54, 1.807) is 13.2 Å². The molecule has 0 aliphatic carbocycles. The minimum atomic E-state index is -0.0792. The van der Waals surface area contributed by atoms with E-state index >= 15 is 0 Å². The van der Waals surface area contributed by atoms with E-state index in [1.165, 1.54) is 11.1 Å². The molecule has 4 nitrogen and oxygen atoms in total. The van der Waals surface area contributed by atoms with Gasteiger partial charge in [-0.25, -0.2) is 0 Å². The van der Waals surface area contributed by atoms with Gasteiger partial charge in [-0.2, -0.15) is 0 Å². The lowest BCUT2D eigenvalue weighted by molar-refractivity contribution is 0.0939. The fourth-order valence-corrected chi connectivity index (χ4v) is 2.41. The SMILES string of the molecule is CCC(C)NC(=O)c1ccc(OC)c(COc2ccc(C)c(C)c2)c1. The van der Waals surface area contributed by atoms with Gasteiger partial charge in [-0.1, -0.05) is 13.0 Å². The van der Waals surface area contributed by atoms with Crippen LogP contribution in [0.3, 0.4) is 0 Å². The third-order valence-corrected chi connectivity index (χ3v) is 4.41. The predicted octanol–water partition coefficient (Wildman–Crippen LogP) is 4.42. The number of rotatable bonds is 7. The van der Waals surface area contributed by atoms with Gasteiger partial charge in [0.25, 0.3) is 5.91 Å². The Hall–Kier alpha value is -2.49. The van der Waals surface area contributed by atoms with Crippen molar-refractivity contribution in [1.29, 1.82) is 0 Å². The number of hydrogen-bond acceptors (Lipinski definition) is 3. The van der Waals surface area contributed by atoms with Gasteiger partial charge in [0, 0.05) is 17.2 Å². The number of benzene rings is 2. The molecular weight excluding hydrogens is 314 g/mol. The van der Waals surface area contributed by atoms with Gasteiger partial charge >= 0.3 is 0 Å². The van der Waals surface area contributed by atoms with Gasteiger partial charge in [0.1, 0.15) is 18.1 Å². The Morgan fingerprint density at radius 3 is 2.52 bits per heavy atom. The molecule has 0 aliphatic heterocycles. The van der Waals surface area contributed by atoms with Crippen molar-refractivity contribution in [2.45, 2.75) is 46.8 Å². The maximum Gasteiger partial charge on any atom is 0.251 e.